The van der Waals surface area contributed by atoms with Gasteiger partial charge in [0.1, 0.15) is 6.54 Å². The number of carbonyl (C=O) groups is 2. The van der Waals surface area contributed by atoms with Crippen LogP contribution >= 0.6 is 0 Å². The fourth-order valence-electron chi connectivity index (χ4n) is 2.39. The molecule has 0 spiro atoms. The Balaban J connectivity index is 2.67. The summed E-state index contributed by atoms with van der Waals surface area (Å²) in [6.45, 7) is 2.00. The van der Waals surface area contributed by atoms with Gasteiger partial charge in [-0.2, -0.15) is 0 Å². The van der Waals surface area contributed by atoms with Crippen LogP contribution in [0.5, 0.6) is 0 Å². The van der Waals surface area contributed by atoms with Crippen LogP contribution in [0.3, 0.4) is 0 Å². The second-order valence-electron chi connectivity index (χ2n) is 4.65. The summed E-state index contributed by atoms with van der Waals surface area (Å²) in [6, 6.07) is -0.118. The molecule has 2 unspecified atom stereocenters. The Kier molecular flexibility index (Phi) is 5.41. The lowest BCUT2D eigenvalue weighted by Crippen LogP contribution is -2.45. The smallest absolute Gasteiger partial charge is 0.323 e. The van der Waals surface area contributed by atoms with Crippen molar-refractivity contribution in [2.75, 3.05) is 13.1 Å². The normalized spacial score (nSPS) is 25.1. The zero-order chi connectivity index (χ0) is 12.8. The second kappa shape index (κ2) is 6.59. The summed E-state index contributed by atoms with van der Waals surface area (Å²) in [7, 11) is 0. The van der Waals surface area contributed by atoms with Crippen molar-refractivity contribution in [2.45, 2.75) is 45.1 Å². The first-order valence-electron chi connectivity index (χ1n) is 6.32. The molecule has 0 bridgehead atoms. The van der Waals surface area contributed by atoms with E-state index in [-0.39, 0.29) is 24.4 Å². The molecule has 1 fully saturated rings. The molecule has 5 nitrogen and oxygen atoms in total. The molecular weight excluding hydrogens is 220 g/mol. The van der Waals surface area contributed by atoms with E-state index in [0.717, 1.165) is 32.1 Å². The van der Waals surface area contributed by atoms with E-state index in [1.165, 1.54) is 4.90 Å². The predicted molar refractivity (Wildman–Crippen MR) is 64.4 cm³/mol. The molecule has 0 aliphatic heterocycles. The zero-order valence-electron chi connectivity index (χ0n) is 10.4. The molecule has 0 saturated heterocycles. The molecule has 0 radical (unpaired) electrons. The monoisotopic (exact) mass is 242 g/mol. The van der Waals surface area contributed by atoms with Crippen molar-refractivity contribution in [3.05, 3.63) is 0 Å². The Morgan fingerprint density at radius 2 is 1.94 bits per heavy atom. The van der Waals surface area contributed by atoms with Crippen molar-refractivity contribution in [3.8, 4) is 0 Å². The highest BCUT2D eigenvalue weighted by molar-refractivity contribution is 5.83. The largest absolute Gasteiger partial charge is 0.480 e. The van der Waals surface area contributed by atoms with E-state index in [9.17, 15) is 9.59 Å². The van der Waals surface area contributed by atoms with Gasteiger partial charge in [0.2, 0.25) is 5.91 Å². The fraction of sp³-hybridized carbons (Fsp3) is 0.833. The maximum Gasteiger partial charge on any atom is 0.323 e. The van der Waals surface area contributed by atoms with Gasteiger partial charge in [-0.1, -0.05) is 19.3 Å². The molecule has 0 aromatic carbocycles. The minimum absolute atomic E-state index is 0.0932. The molecule has 3 N–H and O–H groups in total. The van der Waals surface area contributed by atoms with E-state index in [2.05, 4.69) is 0 Å². The minimum Gasteiger partial charge on any atom is -0.480 e. The van der Waals surface area contributed by atoms with E-state index < -0.39 is 5.97 Å². The maximum absolute atomic E-state index is 12.2. The summed E-state index contributed by atoms with van der Waals surface area (Å²) in [5.74, 6) is -1.26. The first-order chi connectivity index (χ1) is 8.06. The van der Waals surface area contributed by atoms with Crippen LogP contribution in [-0.4, -0.2) is 41.0 Å². The molecule has 0 aromatic heterocycles. The number of carboxylic acids is 1. The van der Waals surface area contributed by atoms with Crippen molar-refractivity contribution in [1.29, 1.82) is 0 Å². The molecular formula is C12H22N2O3. The van der Waals surface area contributed by atoms with Crippen LogP contribution in [0.1, 0.15) is 39.0 Å². The minimum atomic E-state index is -0.970. The zero-order valence-corrected chi connectivity index (χ0v) is 10.4. The summed E-state index contributed by atoms with van der Waals surface area (Å²) in [5, 5.41) is 8.76. The van der Waals surface area contributed by atoms with Gasteiger partial charge in [-0.15, -0.1) is 0 Å². The van der Waals surface area contributed by atoms with Gasteiger partial charge in [-0.3, -0.25) is 9.59 Å². The first-order valence-corrected chi connectivity index (χ1v) is 6.32. The van der Waals surface area contributed by atoms with Gasteiger partial charge in [0.15, 0.2) is 0 Å². The average Bonchev–Trinajstić information content (AvgIpc) is 2.49. The molecule has 2 atom stereocenters. The number of amides is 1. The van der Waals surface area contributed by atoms with Crippen LogP contribution in [0.15, 0.2) is 0 Å². The summed E-state index contributed by atoms with van der Waals surface area (Å²) < 4.78 is 0. The van der Waals surface area contributed by atoms with E-state index in [1.54, 1.807) is 6.92 Å². The molecule has 98 valence electrons. The van der Waals surface area contributed by atoms with Crippen LogP contribution in [0, 0.1) is 5.92 Å². The van der Waals surface area contributed by atoms with E-state index >= 15 is 0 Å². The number of likely N-dealkylation sites (N-methyl/N-ethyl adjacent to an activating group) is 1. The van der Waals surface area contributed by atoms with Crippen molar-refractivity contribution in [3.63, 3.8) is 0 Å². The number of carboxylic acid groups (broad SMARTS) is 1. The summed E-state index contributed by atoms with van der Waals surface area (Å²) >= 11 is 0. The molecule has 17 heavy (non-hydrogen) atoms. The molecule has 0 aromatic rings. The Bertz CT molecular complexity index is 281. The van der Waals surface area contributed by atoms with Gasteiger partial charge >= 0.3 is 5.97 Å². The third-order valence-electron chi connectivity index (χ3n) is 3.41. The third kappa shape index (κ3) is 4.00. The van der Waals surface area contributed by atoms with Gasteiger partial charge < -0.3 is 15.7 Å². The van der Waals surface area contributed by atoms with E-state index in [4.69, 9.17) is 10.8 Å². The number of carbonyl (C=O) groups excluding carboxylic acids is 1. The molecule has 1 amide bonds. The third-order valence-corrected chi connectivity index (χ3v) is 3.41. The number of hydrogen-bond donors (Lipinski definition) is 2. The van der Waals surface area contributed by atoms with Gasteiger partial charge in [0, 0.05) is 12.6 Å². The quantitative estimate of drug-likeness (QED) is 0.715. The van der Waals surface area contributed by atoms with Crippen LogP contribution in [-0.2, 0) is 9.59 Å². The van der Waals surface area contributed by atoms with Gasteiger partial charge in [0.05, 0.1) is 5.92 Å². The van der Waals surface area contributed by atoms with Crippen LogP contribution in [0.2, 0.25) is 0 Å². The number of hydrogen-bond acceptors (Lipinski definition) is 3. The lowest BCUT2D eigenvalue weighted by Gasteiger charge is -2.27. The highest BCUT2D eigenvalue weighted by Crippen LogP contribution is 2.23. The van der Waals surface area contributed by atoms with Crippen LogP contribution in [0.25, 0.3) is 0 Å². The Morgan fingerprint density at radius 3 is 2.53 bits per heavy atom. The molecule has 1 saturated carbocycles. The first kappa shape index (κ1) is 14.0. The lowest BCUT2D eigenvalue weighted by atomic mass is 9.94. The molecule has 5 heteroatoms. The topological polar surface area (TPSA) is 83.6 Å². The highest BCUT2D eigenvalue weighted by atomic mass is 16.4. The number of nitrogens with two attached hydrogens (primary N) is 1. The second-order valence-corrected chi connectivity index (χ2v) is 4.65. The van der Waals surface area contributed by atoms with E-state index in [1.807, 2.05) is 0 Å². The number of rotatable bonds is 4. The average molecular weight is 242 g/mol. The van der Waals surface area contributed by atoms with Crippen molar-refractivity contribution >= 4 is 11.9 Å². The van der Waals surface area contributed by atoms with E-state index in [0.29, 0.717) is 6.54 Å². The van der Waals surface area contributed by atoms with Crippen LogP contribution in [0.4, 0.5) is 0 Å². The van der Waals surface area contributed by atoms with Crippen molar-refractivity contribution < 1.29 is 14.7 Å². The fourth-order valence-corrected chi connectivity index (χ4v) is 2.39. The van der Waals surface area contributed by atoms with Crippen molar-refractivity contribution in [2.24, 2.45) is 11.7 Å². The number of nitrogens with zero attached hydrogens (tertiary/aromatic N) is 1. The molecule has 1 aliphatic carbocycles. The number of aliphatic carboxylic acids is 1. The Hall–Kier alpha value is -1.10. The standard InChI is InChI=1S/C12H22N2O3/c1-2-14(8-11(15)16)12(17)9-6-4-3-5-7-10(9)13/h9-10H,2-8,13H2,1H3,(H,15,16). The summed E-state index contributed by atoms with van der Waals surface area (Å²) in [5.41, 5.74) is 6.01. The predicted octanol–water partition coefficient (Wildman–Crippen LogP) is 0.827. The summed E-state index contributed by atoms with van der Waals surface area (Å²) in [6.07, 6.45) is 4.84. The van der Waals surface area contributed by atoms with Gasteiger partial charge in [0.25, 0.3) is 0 Å². The maximum atomic E-state index is 12.2. The molecule has 0 heterocycles. The van der Waals surface area contributed by atoms with Crippen molar-refractivity contribution in [1.82, 2.24) is 4.90 Å². The SMILES string of the molecule is CCN(CC(=O)O)C(=O)C1CCCCCC1N. The molecule has 1 rings (SSSR count). The Labute approximate surface area is 102 Å². The highest BCUT2D eigenvalue weighted by Gasteiger charge is 2.30. The Morgan fingerprint density at radius 1 is 1.29 bits per heavy atom. The summed E-state index contributed by atoms with van der Waals surface area (Å²) in [4.78, 5) is 24.3. The molecule has 1 aliphatic rings. The lowest BCUT2D eigenvalue weighted by molar-refractivity contribution is -0.146. The van der Waals surface area contributed by atoms with Crippen LogP contribution < -0.4 is 5.73 Å². The van der Waals surface area contributed by atoms with Gasteiger partial charge in [-0.25, -0.2) is 0 Å². The van der Waals surface area contributed by atoms with Gasteiger partial charge in [-0.05, 0) is 19.8 Å².